The molecule has 19 heavy (non-hydrogen) atoms. The summed E-state index contributed by atoms with van der Waals surface area (Å²) in [7, 11) is 1.91. The number of aryl methyl sites for hydroxylation is 4. The smallest absolute Gasteiger partial charge is 0.0847 e. The van der Waals surface area contributed by atoms with Crippen LogP contribution < -0.4 is 11.3 Å². The van der Waals surface area contributed by atoms with Crippen LogP contribution in [-0.2, 0) is 13.5 Å². The summed E-state index contributed by atoms with van der Waals surface area (Å²) >= 11 is 8.06. The Labute approximate surface area is 122 Å². The van der Waals surface area contributed by atoms with Gasteiger partial charge in [0.25, 0.3) is 0 Å². The van der Waals surface area contributed by atoms with Gasteiger partial charge in [0, 0.05) is 23.2 Å². The van der Waals surface area contributed by atoms with Gasteiger partial charge in [0.2, 0.25) is 0 Å². The maximum absolute atomic E-state index is 6.29. The lowest BCUT2D eigenvalue weighted by Crippen LogP contribution is -2.29. The summed E-state index contributed by atoms with van der Waals surface area (Å²) in [5, 5.41) is 5.06. The fourth-order valence-electron chi connectivity index (χ4n) is 2.11. The normalized spacial score (nSPS) is 12.9. The molecular weight excluding hydrogens is 280 g/mol. The van der Waals surface area contributed by atoms with Gasteiger partial charge in [-0.05, 0) is 32.4 Å². The number of hydrazine groups is 1. The van der Waals surface area contributed by atoms with Crippen LogP contribution in [0.3, 0.4) is 0 Å². The topological polar surface area (TPSA) is 55.9 Å². The number of nitrogens with zero attached hydrogens (tertiary/aromatic N) is 2. The Kier molecular flexibility index (Phi) is 4.30. The number of aromatic nitrogens is 2. The molecule has 0 spiro atoms. The van der Waals surface area contributed by atoms with Crippen LogP contribution in [0.1, 0.15) is 32.7 Å². The molecule has 104 valence electrons. The summed E-state index contributed by atoms with van der Waals surface area (Å²) in [6.45, 7) is 6.15. The van der Waals surface area contributed by atoms with Gasteiger partial charge in [-0.15, -0.1) is 11.3 Å². The molecule has 0 aliphatic heterocycles. The lowest BCUT2D eigenvalue weighted by atomic mass is 10.1. The van der Waals surface area contributed by atoms with E-state index in [1.54, 1.807) is 11.3 Å². The number of thiophene rings is 1. The minimum absolute atomic E-state index is 0.0599. The van der Waals surface area contributed by atoms with Crippen molar-refractivity contribution >= 4 is 22.9 Å². The van der Waals surface area contributed by atoms with Crippen molar-refractivity contribution < 1.29 is 0 Å². The minimum atomic E-state index is 0.0599. The van der Waals surface area contributed by atoms with Crippen molar-refractivity contribution in [3.05, 3.63) is 37.8 Å². The van der Waals surface area contributed by atoms with Crippen LogP contribution >= 0.6 is 22.9 Å². The average molecular weight is 299 g/mol. The molecule has 0 saturated heterocycles. The Hall–Kier alpha value is -0.880. The zero-order valence-corrected chi connectivity index (χ0v) is 13.2. The summed E-state index contributed by atoms with van der Waals surface area (Å²) in [5.74, 6) is 5.70. The second-order valence-electron chi connectivity index (χ2n) is 4.78. The first-order chi connectivity index (χ1) is 8.93. The van der Waals surface area contributed by atoms with Crippen molar-refractivity contribution in [2.75, 3.05) is 0 Å². The molecule has 0 bridgehead atoms. The Morgan fingerprint density at radius 1 is 1.47 bits per heavy atom. The molecule has 6 heteroatoms. The number of rotatable bonds is 4. The number of halogens is 1. The van der Waals surface area contributed by atoms with Gasteiger partial charge in [-0.2, -0.15) is 5.10 Å². The van der Waals surface area contributed by atoms with E-state index in [4.69, 9.17) is 17.4 Å². The van der Waals surface area contributed by atoms with Crippen LogP contribution in [0.2, 0.25) is 5.02 Å². The van der Waals surface area contributed by atoms with E-state index >= 15 is 0 Å². The third-order valence-corrected chi connectivity index (χ3v) is 5.15. The molecule has 0 fully saturated rings. The van der Waals surface area contributed by atoms with Crippen molar-refractivity contribution in [2.24, 2.45) is 12.9 Å². The maximum atomic E-state index is 6.29. The number of hydrogen-bond donors (Lipinski definition) is 2. The molecule has 1 atom stereocenters. The fraction of sp³-hybridized carbons (Fsp3) is 0.462. The van der Waals surface area contributed by atoms with Crippen molar-refractivity contribution in [1.82, 2.24) is 15.2 Å². The van der Waals surface area contributed by atoms with Crippen molar-refractivity contribution in [3.8, 4) is 0 Å². The Bertz CT molecular complexity index is 568. The summed E-state index contributed by atoms with van der Waals surface area (Å²) in [4.78, 5) is 2.55. The van der Waals surface area contributed by atoms with Crippen molar-refractivity contribution in [2.45, 2.75) is 33.2 Å². The van der Waals surface area contributed by atoms with Crippen LogP contribution in [0.15, 0.2) is 6.07 Å². The summed E-state index contributed by atoms with van der Waals surface area (Å²) < 4.78 is 1.83. The summed E-state index contributed by atoms with van der Waals surface area (Å²) in [5.41, 5.74) is 6.04. The molecule has 2 rings (SSSR count). The van der Waals surface area contributed by atoms with Crippen molar-refractivity contribution in [1.29, 1.82) is 0 Å². The molecule has 0 aliphatic carbocycles. The number of nitrogens with two attached hydrogens (primary N) is 1. The zero-order chi connectivity index (χ0) is 14.2. The Morgan fingerprint density at radius 3 is 2.58 bits per heavy atom. The second-order valence-corrected chi connectivity index (χ2v) is 6.45. The lowest BCUT2D eigenvalue weighted by molar-refractivity contribution is 0.537. The highest BCUT2D eigenvalue weighted by atomic mass is 35.5. The van der Waals surface area contributed by atoms with E-state index in [0.29, 0.717) is 0 Å². The largest absolute Gasteiger partial charge is 0.271 e. The first-order valence-electron chi connectivity index (χ1n) is 6.15. The van der Waals surface area contributed by atoms with Crippen LogP contribution in [0.4, 0.5) is 0 Å². The van der Waals surface area contributed by atoms with Gasteiger partial charge >= 0.3 is 0 Å². The second kappa shape index (κ2) is 5.63. The van der Waals surface area contributed by atoms with Gasteiger partial charge in [0.1, 0.15) is 0 Å². The molecular formula is C13H19ClN4S. The van der Waals surface area contributed by atoms with E-state index in [9.17, 15) is 0 Å². The molecule has 3 N–H and O–H groups in total. The van der Waals surface area contributed by atoms with Crippen LogP contribution in [-0.4, -0.2) is 9.78 Å². The zero-order valence-electron chi connectivity index (χ0n) is 11.6. The first-order valence-corrected chi connectivity index (χ1v) is 7.34. The maximum Gasteiger partial charge on any atom is 0.0847 e. The Balaban J connectivity index is 2.29. The van der Waals surface area contributed by atoms with E-state index in [1.807, 2.05) is 18.7 Å². The van der Waals surface area contributed by atoms with E-state index < -0.39 is 0 Å². The molecule has 0 radical (unpaired) electrons. The van der Waals surface area contributed by atoms with Gasteiger partial charge in [-0.25, -0.2) is 0 Å². The molecule has 2 heterocycles. The third-order valence-electron chi connectivity index (χ3n) is 3.39. The quantitative estimate of drug-likeness (QED) is 0.674. The van der Waals surface area contributed by atoms with Crippen LogP contribution in [0, 0.1) is 20.8 Å². The SMILES string of the molecule is Cc1cc(C(Cc2c(Cl)c(C)nn2C)NN)sc1C. The molecule has 0 aromatic carbocycles. The molecule has 0 amide bonds. The highest BCUT2D eigenvalue weighted by Crippen LogP contribution is 2.30. The van der Waals surface area contributed by atoms with Crippen LogP contribution in [0.5, 0.6) is 0 Å². The predicted molar refractivity (Wildman–Crippen MR) is 80.5 cm³/mol. The molecule has 4 nitrogen and oxygen atoms in total. The van der Waals surface area contributed by atoms with Gasteiger partial charge in [0.15, 0.2) is 0 Å². The highest BCUT2D eigenvalue weighted by Gasteiger charge is 2.19. The molecule has 0 saturated carbocycles. The van der Waals surface area contributed by atoms with Crippen molar-refractivity contribution in [3.63, 3.8) is 0 Å². The van der Waals surface area contributed by atoms with Gasteiger partial charge in [0.05, 0.1) is 22.5 Å². The van der Waals surface area contributed by atoms with E-state index in [2.05, 4.69) is 30.4 Å². The van der Waals surface area contributed by atoms with E-state index in [-0.39, 0.29) is 6.04 Å². The third kappa shape index (κ3) is 2.84. The lowest BCUT2D eigenvalue weighted by Gasteiger charge is -2.14. The number of hydrogen-bond acceptors (Lipinski definition) is 4. The van der Waals surface area contributed by atoms with E-state index in [1.165, 1.54) is 15.3 Å². The number of nitrogens with one attached hydrogen (secondary N) is 1. The fourth-order valence-corrected chi connectivity index (χ4v) is 3.45. The monoisotopic (exact) mass is 298 g/mol. The predicted octanol–water partition coefficient (Wildman–Crippen LogP) is 2.81. The average Bonchev–Trinajstić information content (AvgIpc) is 2.80. The standard InChI is InChI=1S/C13H19ClN4S/c1-7-5-12(19-9(7)3)10(16-15)6-11-13(14)8(2)17-18(11)4/h5,10,16H,6,15H2,1-4H3. The first kappa shape index (κ1) is 14.5. The van der Waals surface area contributed by atoms with Gasteiger partial charge < -0.3 is 0 Å². The summed E-state index contributed by atoms with van der Waals surface area (Å²) in [6.07, 6.45) is 0.728. The van der Waals surface area contributed by atoms with Gasteiger partial charge in [-0.1, -0.05) is 11.6 Å². The summed E-state index contributed by atoms with van der Waals surface area (Å²) in [6, 6.07) is 2.24. The minimum Gasteiger partial charge on any atom is -0.271 e. The Morgan fingerprint density at radius 2 is 2.16 bits per heavy atom. The van der Waals surface area contributed by atoms with Crippen LogP contribution in [0.25, 0.3) is 0 Å². The van der Waals surface area contributed by atoms with E-state index in [0.717, 1.165) is 22.8 Å². The molecule has 2 aromatic rings. The van der Waals surface area contributed by atoms with Gasteiger partial charge in [-0.3, -0.25) is 16.0 Å². The molecule has 1 unspecified atom stereocenters. The molecule has 0 aliphatic rings. The highest BCUT2D eigenvalue weighted by molar-refractivity contribution is 7.12. The molecule has 2 aromatic heterocycles.